The molecule has 0 bridgehead atoms. The Morgan fingerprint density at radius 1 is 0.800 bits per heavy atom. The fourth-order valence-corrected chi connectivity index (χ4v) is 6.00. The molecule has 0 radical (unpaired) electrons. The molecule has 1 atom stereocenters. The first-order chi connectivity index (χ1) is 16.8. The van der Waals surface area contributed by atoms with Gasteiger partial charge in [0.1, 0.15) is 17.2 Å². The van der Waals surface area contributed by atoms with E-state index < -0.39 is 11.6 Å². The molecule has 0 saturated heterocycles. The van der Waals surface area contributed by atoms with E-state index in [0.29, 0.717) is 11.3 Å². The van der Waals surface area contributed by atoms with Crippen molar-refractivity contribution in [2.45, 2.75) is 34.1 Å². The Labute approximate surface area is 221 Å². The molecule has 0 aliphatic carbocycles. The monoisotopic (exact) mass is 599 g/mol. The molecule has 1 unspecified atom stereocenters. The van der Waals surface area contributed by atoms with Gasteiger partial charge in [-0.1, -0.05) is 30.3 Å². The van der Waals surface area contributed by atoms with Gasteiger partial charge < -0.3 is 9.47 Å². The van der Waals surface area contributed by atoms with Crippen molar-refractivity contribution in [2.24, 2.45) is 0 Å². The zero-order valence-corrected chi connectivity index (χ0v) is 22.4. The molecule has 4 aromatic rings. The van der Waals surface area contributed by atoms with Gasteiger partial charge in [-0.15, -0.1) is 0 Å². The molecule has 0 heterocycles. The number of halogens is 2. The highest BCUT2D eigenvalue weighted by atomic mass is 127. The molecule has 6 heteroatoms. The third-order valence-electron chi connectivity index (χ3n) is 5.35. The van der Waals surface area contributed by atoms with Crippen molar-refractivity contribution < 1.29 is 18.7 Å². The number of hydrogen-bond acceptors (Lipinski definition) is 3. The summed E-state index contributed by atoms with van der Waals surface area (Å²) in [5.74, 6) is -0.240. The minimum absolute atomic E-state index is 0.217. The lowest BCUT2D eigenvalue weighted by Gasteiger charge is -2.25. The van der Waals surface area contributed by atoms with Crippen molar-refractivity contribution in [3.63, 3.8) is 0 Å². The maximum absolute atomic E-state index is 13.2. The molecule has 0 aliphatic rings. The molecular weight excluding hydrogens is 574 g/mol. The average Bonchev–Trinajstić information content (AvgIpc) is 2.85. The molecule has 3 nitrogen and oxygen atoms in total. The van der Waals surface area contributed by atoms with Gasteiger partial charge in [-0.3, -0.25) is 0 Å². The maximum atomic E-state index is 13.2. The molecule has 178 valence electrons. The molecule has 0 saturated carbocycles. The molecule has 0 amide bonds. The van der Waals surface area contributed by atoms with E-state index in [1.165, 1.54) is 25.5 Å². The highest BCUT2D eigenvalue weighted by Crippen LogP contribution is 2.32. The van der Waals surface area contributed by atoms with E-state index in [0.717, 1.165) is 4.90 Å². The molecule has 0 aliphatic heterocycles. The van der Waals surface area contributed by atoms with Gasteiger partial charge in [0.25, 0.3) is 0 Å². The highest BCUT2D eigenvalue weighted by Gasteiger charge is 2.29. The van der Waals surface area contributed by atoms with Crippen LogP contribution in [0, 0.1) is 9.39 Å². The minimum Gasteiger partial charge on any atom is -0.482 e. The fourth-order valence-electron chi connectivity index (χ4n) is 3.57. The van der Waals surface area contributed by atoms with Crippen LogP contribution in [-0.2, 0) is 26.0 Å². The third-order valence-corrected chi connectivity index (χ3v) is 8.30. The first-order valence-electron chi connectivity index (χ1n) is 11.1. The number of rotatable bonds is 8. The second kappa shape index (κ2) is 11.3. The summed E-state index contributed by atoms with van der Waals surface area (Å²) in [4.78, 5) is 16.0. The lowest BCUT2D eigenvalue weighted by atomic mass is 9.98. The zero-order chi connectivity index (χ0) is 24.8. The van der Waals surface area contributed by atoms with Crippen LogP contribution in [0.4, 0.5) is 4.39 Å². The number of esters is 1. The number of carbonyl (C=O) groups is 1. The molecule has 0 spiro atoms. The van der Waals surface area contributed by atoms with Gasteiger partial charge in [0, 0.05) is 3.57 Å². The Morgan fingerprint density at radius 3 is 1.94 bits per heavy atom. The van der Waals surface area contributed by atoms with Crippen molar-refractivity contribution in [3.8, 4) is 5.75 Å². The Hall–Kier alpha value is -2.84. The van der Waals surface area contributed by atoms with Gasteiger partial charge in [-0.05, 0) is 115 Å². The first-order valence-corrected chi connectivity index (χ1v) is 13.4. The average molecular weight is 599 g/mol. The number of ether oxygens (including phenoxy) is 2. The van der Waals surface area contributed by atoms with Crippen molar-refractivity contribution in [1.29, 1.82) is 0 Å². The quantitative estimate of drug-likeness (QED) is 0.121. The number of benzene rings is 4. The maximum Gasteiger partial charge on any atom is 0.345 e. The fraction of sp³-hybridized carbons (Fsp3) is 0.138. The van der Waals surface area contributed by atoms with E-state index in [1.807, 2.05) is 30.3 Å². The van der Waals surface area contributed by atoms with Crippen LogP contribution in [-0.4, -0.2) is 12.6 Å². The Balaban J connectivity index is 1.44. The van der Waals surface area contributed by atoms with E-state index in [4.69, 9.17) is 9.47 Å². The van der Waals surface area contributed by atoms with Crippen LogP contribution >= 0.6 is 22.6 Å². The molecule has 4 aromatic carbocycles. The summed E-state index contributed by atoms with van der Waals surface area (Å²) >= 11 is 2.31. The van der Waals surface area contributed by atoms with Crippen molar-refractivity contribution >= 4 is 39.5 Å². The summed E-state index contributed by atoms with van der Waals surface area (Å²) in [6.45, 7) is 3.32. The second-order valence-corrected chi connectivity index (χ2v) is 11.6. The molecule has 0 N–H and O–H groups in total. The Kier molecular flexibility index (Phi) is 8.13. The topological polar surface area (TPSA) is 35.5 Å². The lowest BCUT2D eigenvalue weighted by molar-refractivity contribution is -0.159. The second-order valence-electron chi connectivity index (χ2n) is 8.32. The molecule has 4 rings (SSSR count). The summed E-state index contributed by atoms with van der Waals surface area (Å²) in [6.07, 6.45) is 0. The van der Waals surface area contributed by atoms with Crippen molar-refractivity contribution in [3.05, 3.63) is 118 Å². The highest BCUT2D eigenvalue weighted by molar-refractivity contribution is 14.1. The van der Waals surface area contributed by atoms with Crippen LogP contribution in [0.1, 0.15) is 19.4 Å². The van der Waals surface area contributed by atoms with Gasteiger partial charge in [-0.25, -0.2) is 9.18 Å². The van der Waals surface area contributed by atoms with Crippen LogP contribution in [0.2, 0.25) is 0 Å². The van der Waals surface area contributed by atoms with Gasteiger partial charge >= 0.3 is 5.97 Å². The minimum atomic E-state index is -0.893. The molecule has 0 aromatic heterocycles. The zero-order valence-electron chi connectivity index (χ0n) is 19.4. The largest absolute Gasteiger partial charge is 0.482 e. The number of carbonyl (C=O) groups excluding carboxylic acids is 1. The Morgan fingerprint density at radius 2 is 1.34 bits per heavy atom. The first kappa shape index (κ1) is 25.3. The van der Waals surface area contributed by atoms with Gasteiger partial charge in [0.05, 0.1) is 10.9 Å². The third kappa shape index (κ3) is 6.64. The Bertz CT molecular complexity index is 1260. The predicted molar refractivity (Wildman–Crippen MR) is 145 cm³/mol. The van der Waals surface area contributed by atoms with Crippen LogP contribution in [0.15, 0.2) is 118 Å². The van der Waals surface area contributed by atoms with Crippen LogP contribution < -0.4 is 4.74 Å². The van der Waals surface area contributed by atoms with Crippen molar-refractivity contribution in [2.75, 3.05) is 6.61 Å². The van der Waals surface area contributed by atoms with Gasteiger partial charge in [-0.2, -0.15) is 0 Å². The van der Waals surface area contributed by atoms with Gasteiger partial charge in [0.15, 0.2) is 21.3 Å². The standard InChI is InChI=1S/C29H25FIO3S/c1-29(2,21-8-10-22(30)11-9-21)34-28(32)20-33-24-14-18-27(19-15-24)35(25-6-4-3-5-7-25)26-16-12-23(31)13-17-26/h3-19H,20H2,1-2H3/q+1. The molecular formula is C29H25FIO3S+. The SMILES string of the molecule is CC(C)(OC(=O)COc1ccc([S+](c2ccccc2)c2ccc(I)cc2)cc1)c1ccc(F)cc1. The number of hydrogen-bond donors (Lipinski definition) is 0. The normalized spacial score (nSPS) is 12.1. The predicted octanol–water partition coefficient (Wildman–Crippen LogP) is 7.38. The summed E-state index contributed by atoms with van der Waals surface area (Å²) < 4.78 is 25.7. The van der Waals surface area contributed by atoms with Crippen LogP contribution in [0.5, 0.6) is 5.75 Å². The van der Waals surface area contributed by atoms with Crippen LogP contribution in [0.3, 0.4) is 0 Å². The van der Waals surface area contributed by atoms with Crippen LogP contribution in [0.25, 0.3) is 0 Å². The van der Waals surface area contributed by atoms with E-state index in [9.17, 15) is 9.18 Å². The summed E-state index contributed by atoms with van der Waals surface area (Å²) in [5.41, 5.74) is -0.185. The van der Waals surface area contributed by atoms with E-state index in [1.54, 1.807) is 26.0 Å². The lowest BCUT2D eigenvalue weighted by Crippen LogP contribution is -2.28. The van der Waals surface area contributed by atoms with Crippen molar-refractivity contribution in [1.82, 2.24) is 0 Å². The summed E-state index contributed by atoms with van der Waals surface area (Å²) in [6, 6.07) is 32.7. The molecule has 0 fully saturated rings. The van der Waals surface area contributed by atoms with E-state index in [-0.39, 0.29) is 23.3 Å². The summed E-state index contributed by atoms with van der Waals surface area (Å²) in [5, 5.41) is 0. The van der Waals surface area contributed by atoms with E-state index in [2.05, 4.69) is 71.1 Å². The smallest absolute Gasteiger partial charge is 0.345 e. The summed E-state index contributed by atoms with van der Waals surface area (Å²) in [7, 11) is -0.257. The molecule has 35 heavy (non-hydrogen) atoms. The van der Waals surface area contributed by atoms with Gasteiger partial charge in [0.2, 0.25) is 0 Å². The van der Waals surface area contributed by atoms with E-state index >= 15 is 0 Å².